The van der Waals surface area contributed by atoms with Crippen molar-refractivity contribution >= 4 is 5.57 Å². The predicted molar refractivity (Wildman–Crippen MR) is 70.2 cm³/mol. The van der Waals surface area contributed by atoms with Gasteiger partial charge >= 0.3 is 0 Å². The molecule has 2 aliphatic rings. The molecule has 0 spiro atoms. The minimum atomic E-state index is 0.810. The third-order valence-corrected chi connectivity index (χ3v) is 3.95. The average Bonchev–Trinajstić information content (AvgIpc) is 2.86. The summed E-state index contributed by atoms with van der Waals surface area (Å²) in [6.07, 6.45) is 6.37. The van der Waals surface area contributed by atoms with Gasteiger partial charge in [-0.25, -0.2) is 0 Å². The molecule has 0 saturated carbocycles. The van der Waals surface area contributed by atoms with Crippen molar-refractivity contribution in [3.63, 3.8) is 0 Å². The maximum atomic E-state index is 5.29. The monoisotopic (exact) mass is 229 g/mol. The molecule has 1 saturated heterocycles. The van der Waals surface area contributed by atoms with Crippen LogP contribution in [-0.2, 0) is 0 Å². The summed E-state index contributed by atoms with van der Waals surface area (Å²) in [6, 6.07) is 9.22. The molecule has 90 valence electrons. The number of hydrogen-bond acceptors (Lipinski definition) is 2. The van der Waals surface area contributed by atoms with Crippen LogP contribution in [0.5, 0.6) is 5.75 Å². The summed E-state index contributed by atoms with van der Waals surface area (Å²) < 4.78 is 5.29. The lowest BCUT2D eigenvalue weighted by molar-refractivity contribution is 0.277. The number of ether oxygens (including phenoxy) is 1. The molecule has 1 fully saturated rings. The van der Waals surface area contributed by atoms with Crippen LogP contribution >= 0.6 is 0 Å². The summed E-state index contributed by atoms with van der Waals surface area (Å²) >= 11 is 0. The Balaban J connectivity index is 1.84. The summed E-state index contributed by atoms with van der Waals surface area (Å²) in [6.45, 7) is 2.38. The van der Waals surface area contributed by atoms with Gasteiger partial charge in [0.2, 0.25) is 0 Å². The summed E-state index contributed by atoms with van der Waals surface area (Å²) in [7, 11) is 1.73. The number of hydrogen-bond donors (Lipinski definition) is 0. The first-order chi connectivity index (χ1) is 8.36. The minimum absolute atomic E-state index is 0.810. The zero-order valence-electron chi connectivity index (χ0n) is 10.4. The Labute approximate surface area is 103 Å². The largest absolute Gasteiger partial charge is 0.497 e. The second-order valence-corrected chi connectivity index (χ2v) is 4.96. The lowest BCUT2D eigenvalue weighted by Crippen LogP contribution is -2.33. The normalized spacial score (nSPS) is 24.3. The van der Waals surface area contributed by atoms with Crippen molar-refractivity contribution in [2.75, 3.05) is 20.2 Å². The lowest BCUT2D eigenvalue weighted by Gasteiger charge is -2.29. The fourth-order valence-corrected chi connectivity index (χ4v) is 2.96. The molecule has 0 aliphatic carbocycles. The third kappa shape index (κ3) is 2.09. The Morgan fingerprint density at radius 3 is 3.18 bits per heavy atom. The Morgan fingerprint density at radius 2 is 2.29 bits per heavy atom. The molecule has 1 aromatic rings. The van der Waals surface area contributed by atoms with Crippen LogP contribution in [0, 0.1) is 0 Å². The lowest BCUT2D eigenvalue weighted by atomic mass is 9.97. The van der Waals surface area contributed by atoms with E-state index < -0.39 is 0 Å². The van der Waals surface area contributed by atoms with Crippen molar-refractivity contribution in [2.24, 2.45) is 0 Å². The van der Waals surface area contributed by atoms with E-state index >= 15 is 0 Å². The topological polar surface area (TPSA) is 12.5 Å². The van der Waals surface area contributed by atoms with Crippen molar-refractivity contribution in [3.05, 3.63) is 35.9 Å². The number of nitrogens with zero attached hydrogens (tertiary/aromatic N) is 1. The van der Waals surface area contributed by atoms with Gasteiger partial charge in [0.05, 0.1) is 7.11 Å². The van der Waals surface area contributed by atoms with Crippen LogP contribution in [0.4, 0.5) is 0 Å². The van der Waals surface area contributed by atoms with Crippen molar-refractivity contribution in [3.8, 4) is 5.75 Å². The highest BCUT2D eigenvalue weighted by molar-refractivity contribution is 5.69. The van der Waals surface area contributed by atoms with E-state index in [-0.39, 0.29) is 0 Å². The van der Waals surface area contributed by atoms with E-state index in [1.165, 1.54) is 36.9 Å². The Bertz CT molecular complexity index is 438. The quantitative estimate of drug-likeness (QED) is 0.773. The third-order valence-electron chi connectivity index (χ3n) is 3.95. The van der Waals surface area contributed by atoms with E-state index in [1.54, 1.807) is 7.11 Å². The highest BCUT2D eigenvalue weighted by atomic mass is 16.5. The van der Waals surface area contributed by atoms with Gasteiger partial charge in [-0.3, -0.25) is 4.90 Å². The van der Waals surface area contributed by atoms with Crippen molar-refractivity contribution < 1.29 is 4.74 Å². The van der Waals surface area contributed by atoms with E-state index in [1.807, 2.05) is 6.07 Å². The zero-order chi connectivity index (χ0) is 11.7. The van der Waals surface area contributed by atoms with Crippen LogP contribution in [0.2, 0.25) is 0 Å². The van der Waals surface area contributed by atoms with E-state index in [9.17, 15) is 0 Å². The van der Waals surface area contributed by atoms with E-state index in [2.05, 4.69) is 29.2 Å². The second kappa shape index (κ2) is 4.53. The molecule has 1 atom stereocenters. The maximum Gasteiger partial charge on any atom is 0.119 e. The smallest absolute Gasteiger partial charge is 0.119 e. The number of rotatable bonds is 2. The van der Waals surface area contributed by atoms with Crippen LogP contribution in [0.1, 0.15) is 24.8 Å². The zero-order valence-corrected chi connectivity index (χ0v) is 10.4. The molecule has 2 aliphatic heterocycles. The van der Waals surface area contributed by atoms with E-state index in [0.717, 1.165) is 18.3 Å². The van der Waals surface area contributed by atoms with Gasteiger partial charge in [-0.2, -0.15) is 0 Å². The molecule has 2 heteroatoms. The van der Waals surface area contributed by atoms with Crippen LogP contribution in [-0.4, -0.2) is 31.1 Å². The summed E-state index contributed by atoms with van der Waals surface area (Å²) in [5.74, 6) is 0.951. The molecular weight excluding hydrogens is 210 g/mol. The SMILES string of the molecule is COc1cccc(C2=CC[C@@H]3CCCN3C2)c1. The Hall–Kier alpha value is -1.28. The summed E-state index contributed by atoms with van der Waals surface area (Å²) in [4.78, 5) is 2.62. The highest BCUT2D eigenvalue weighted by Gasteiger charge is 2.27. The standard InChI is InChI=1S/C15H19NO/c1-17-15-6-2-4-12(10-15)13-7-8-14-5-3-9-16(14)11-13/h2,4,6-7,10,14H,3,5,8-9,11H2,1H3/t14-/m0/s1. The molecule has 0 N–H and O–H groups in total. The van der Waals surface area contributed by atoms with Crippen LogP contribution < -0.4 is 4.74 Å². The molecule has 0 bridgehead atoms. The van der Waals surface area contributed by atoms with Gasteiger partial charge in [0.1, 0.15) is 5.75 Å². The predicted octanol–water partition coefficient (Wildman–Crippen LogP) is 2.95. The molecule has 2 heterocycles. The highest BCUT2D eigenvalue weighted by Crippen LogP contribution is 2.31. The van der Waals surface area contributed by atoms with Gasteiger partial charge in [0, 0.05) is 12.6 Å². The van der Waals surface area contributed by atoms with Gasteiger partial charge in [-0.15, -0.1) is 0 Å². The van der Waals surface area contributed by atoms with Crippen LogP contribution in [0.3, 0.4) is 0 Å². The van der Waals surface area contributed by atoms with E-state index in [4.69, 9.17) is 4.74 Å². The molecule has 1 aromatic carbocycles. The van der Waals surface area contributed by atoms with Gasteiger partial charge in [-0.1, -0.05) is 18.2 Å². The maximum absolute atomic E-state index is 5.29. The molecule has 3 rings (SSSR count). The summed E-state index contributed by atoms with van der Waals surface area (Å²) in [5.41, 5.74) is 2.77. The van der Waals surface area contributed by atoms with Gasteiger partial charge in [0.15, 0.2) is 0 Å². The first-order valence-electron chi connectivity index (χ1n) is 6.44. The molecule has 0 amide bonds. The Morgan fingerprint density at radius 1 is 1.35 bits per heavy atom. The number of fused-ring (bicyclic) bond motifs is 1. The molecule has 17 heavy (non-hydrogen) atoms. The number of benzene rings is 1. The summed E-state index contributed by atoms with van der Waals surface area (Å²) in [5, 5.41) is 0. The fourth-order valence-electron chi connectivity index (χ4n) is 2.96. The molecule has 2 nitrogen and oxygen atoms in total. The van der Waals surface area contributed by atoms with E-state index in [0.29, 0.717) is 0 Å². The molecular formula is C15H19NO. The van der Waals surface area contributed by atoms with Crippen molar-refractivity contribution in [1.29, 1.82) is 0 Å². The molecule has 0 radical (unpaired) electrons. The molecule has 0 unspecified atom stereocenters. The van der Waals surface area contributed by atoms with Crippen molar-refractivity contribution in [2.45, 2.75) is 25.3 Å². The van der Waals surface area contributed by atoms with Gasteiger partial charge in [-0.05, 0) is 49.1 Å². The molecule has 0 aromatic heterocycles. The van der Waals surface area contributed by atoms with Crippen molar-refractivity contribution in [1.82, 2.24) is 4.90 Å². The first-order valence-corrected chi connectivity index (χ1v) is 6.44. The first kappa shape index (κ1) is 10.8. The minimum Gasteiger partial charge on any atom is -0.497 e. The van der Waals surface area contributed by atoms with Gasteiger partial charge in [0.25, 0.3) is 0 Å². The number of methoxy groups -OCH3 is 1. The van der Waals surface area contributed by atoms with Crippen LogP contribution in [0.25, 0.3) is 5.57 Å². The van der Waals surface area contributed by atoms with Gasteiger partial charge < -0.3 is 4.74 Å². The Kier molecular flexibility index (Phi) is 2.89. The van der Waals surface area contributed by atoms with Crippen LogP contribution in [0.15, 0.2) is 30.3 Å². The second-order valence-electron chi connectivity index (χ2n) is 4.96. The fraction of sp³-hybridized carbons (Fsp3) is 0.467. The average molecular weight is 229 g/mol.